The van der Waals surface area contributed by atoms with Crippen LogP contribution in [0.3, 0.4) is 0 Å². The fourth-order valence-corrected chi connectivity index (χ4v) is 4.64. The van der Waals surface area contributed by atoms with Crippen LogP contribution in [0.15, 0.2) is 4.99 Å². The van der Waals surface area contributed by atoms with Gasteiger partial charge >= 0.3 is 6.03 Å². The van der Waals surface area contributed by atoms with Gasteiger partial charge in [0.05, 0.1) is 24.0 Å². The maximum Gasteiger partial charge on any atom is 0.344 e. The molecule has 0 aromatic rings. The quantitative estimate of drug-likeness (QED) is 0.293. The third-order valence-electron chi connectivity index (χ3n) is 3.30. The SMILES string of the molecule is C/C=N/C(=O)N(C(C)SCC1(S)CO1)C(C)SCC1(S)CO1. The van der Waals surface area contributed by atoms with Crippen LogP contribution in [-0.4, -0.2) is 62.5 Å². The van der Waals surface area contributed by atoms with Crippen LogP contribution in [0.5, 0.6) is 0 Å². The maximum absolute atomic E-state index is 12.3. The summed E-state index contributed by atoms with van der Waals surface area (Å²) in [6.07, 6.45) is 1.53. The Kier molecular flexibility index (Phi) is 6.46. The number of carbonyl (C=O) groups excluding carboxylic acids is 1. The first-order valence-corrected chi connectivity index (χ1v) is 10.0. The molecule has 2 rings (SSSR count). The highest BCUT2D eigenvalue weighted by Crippen LogP contribution is 2.39. The second kappa shape index (κ2) is 7.57. The van der Waals surface area contributed by atoms with E-state index in [0.29, 0.717) is 13.2 Å². The van der Waals surface area contributed by atoms with Crippen molar-refractivity contribution in [2.75, 3.05) is 24.7 Å². The minimum atomic E-state index is -0.324. The molecule has 126 valence electrons. The number of thiol groups is 2. The number of nitrogens with zero attached hydrogens (tertiary/aromatic N) is 2. The number of thioether (sulfide) groups is 2. The molecular formula is C13H22N2O3S4. The van der Waals surface area contributed by atoms with Crippen LogP contribution in [0.2, 0.25) is 0 Å². The number of ether oxygens (including phenoxy) is 2. The molecule has 0 bridgehead atoms. The molecular weight excluding hydrogens is 360 g/mol. The second-order valence-electron chi connectivity index (χ2n) is 5.37. The Bertz CT molecular complexity index is 413. The number of hydrogen-bond donors (Lipinski definition) is 2. The average Bonchev–Trinajstić information content (AvgIpc) is 3.36. The van der Waals surface area contributed by atoms with E-state index in [0.717, 1.165) is 11.5 Å². The molecule has 2 fully saturated rings. The fourth-order valence-electron chi connectivity index (χ4n) is 1.78. The molecule has 0 spiro atoms. The van der Waals surface area contributed by atoms with Gasteiger partial charge in [-0.15, -0.1) is 48.8 Å². The Morgan fingerprint density at radius 1 is 1.23 bits per heavy atom. The minimum absolute atomic E-state index is 0.0112. The predicted molar refractivity (Wildman–Crippen MR) is 101 cm³/mol. The van der Waals surface area contributed by atoms with Crippen LogP contribution < -0.4 is 0 Å². The summed E-state index contributed by atoms with van der Waals surface area (Å²) in [5, 5.41) is -0.0224. The number of carbonyl (C=O) groups is 1. The molecule has 9 heteroatoms. The standard InChI is InChI=1S/C13H22N2O3S4/c1-4-14-11(16)15(9(2)21-7-12(19)5-17-12)10(3)22-8-13(20)6-18-13/h4,9-10,19-20H,5-8H2,1-3H3/b14-4+. The maximum atomic E-state index is 12.3. The summed E-state index contributed by atoms with van der Waals surface area (Å²) in [5.74, 6) is 1.49. The van der Waals surface area contributed by atoms with Gasteiger partial charge < -0.3 is 9.47 Å². The van der Waals surface area contributed by atoms with Gasteiger partial charge in [-0.05, 0) is 20.8 Å². The van der Waals surface area contributed by atoms with Crippen LogP contribution in [0, 0.1) is 0 Å². The van der Waals surface area contributed by atoms with Crippen molar-refractivity contribution in [1.82, 2.24) is 4.90 Å². The lowest BCUT2D eigenvalue weighted by Crippen LogP contribution is -2.41. The molecule has 4 unspecified atom stereocenters. The van der Waals surface area contributed by atoms with E-state index >= 15 is 0 Å². The zero-order valence-corrected chi connectivity index (χ0v) is 16.3. The van der Waals surface area contributed by atoms with Crippen molar-refractivity contribution in [3.05, 3.63) is 0 Å². The molecule has 2 aliphatic rings. The summed E-state index contributed by atoms with van der Waals surface area (Å²) in [4.78, 5) is 17.4. The van der Waals surface area contributed by atoms with Gasteiger partial charge in [0, 0.05) is 17.7 Å². The molecule has 22 heavy (non-hydrogen) atoms. The highest BCUT2D eigenvalue weighted by Gasteiger charge is 2.43. The van der Waals surface area contributed by atoms with Crippen LogP contribution in [-0.2, 0) is 9.47 Å². The van der Waals surface area contributed by atoms with Crippen molar-refractivity contribution in [1.29, 1.82) is 0 Å². The van der Waals surface area contributed by atoms with Gasteiger partial charge in [-0.2, -0.15) is 0 Å². The minimum Gasteiger partial charge on any atom is -0.357 e. The third kappa shape index (κ3) is 5.52. The molecule has 2 heterocycles. The van der Waals surface area contributed by atoms with Gasteiger partial charge in [0.2, 0.25) is 0 Å². The number of amides is 2. The molecule has 0 radical (unpaired) electrons. The van der Waals surface area contributed by atoms with E-state index in [4.69, 9.17) is 9.47 Å². The van der Waals surface area contributed by atoms with Crippen molar-refractivity contribution in [2.24, 2.45) is 4.99 Å². The Morgan fingerprint density at radius 2 is 1.64 bits per heavy atom. The van der Waals surface area contributed by atoms with Gasteiger partial charge in [-0.1, -0.05) is 0 Å². The third-order valence-corrected chi connectivity index (χ3v) is 7.24. The van der Waals surface area contributed by atoms with Crippen LogP contribution in [0.25, 0.3) is 0 Å². The van der Waals surface area contributed by atoms with Crippen LogP contribution in [0.1, 0.15) is 20.8 Å². The summed E-state index contributed by atoms with van der Waals surface area (Å²) in [6.45, 7) is 7.09. The molecule has 2 aliphatic heterocycles. The van der Waals surface area contributed by atoms with Gasteiger partial charge in [-0.3, -0.25) is 4.90 Å². The lowest BCUT2D eigenvalue weighted by Gasteiger charge is -2.32. The van der Waals surface area contributed by atoms with E-state index < -0.39 is 0 Å². The van der Waals surface area contributed by atoms with Crippen molar-refractivity contribution in [3.8, 4) is 0 Å². The molecule has 0 N–H and O–H groups in total. The fraction of sp³-hybridized carbons (Fsp3) is 0.846. The van der Waals surface area contributed by atoms with E-state index in [9.17, 15) is 4.79 Å². The van der Waals surface area contributed by atoms with Crippen molar-refractivity contribution < 1.29 is 14.3 Å². The van der Waals surface area contributed by atoms with Crippen molar-refractivity contribution in [2.45, 2.75) is 41.4 Å². The van der Waals surface area contributed by atoms with Crippen molar-refractivity contribution >= 4 is 61.0 Å². The molecule has 0 saturated carbocycles. The number of hydrogen-bond acceptors (Lipinski definition) is 7. The first-order chi connectivity index (χ1) is 10.3. The topological polar surface area (TPSA) is 57.7 Å². The summed E-state index contributed by atoms with van der Waals surface area (Å²) >= 11 is 12.2. The largest absolute Gasteiger partial charge is 0.357 e. The number of rotatable bonds is 8. The zero-order chi connectivity index (χ0) is 16.4. The number of epoxide rings is 2. The lowest BCUT2D eigenvalue weighted by molar-refractivity contribution is 0.204. The molecule has 4 atom stereocenters. The second-order valence-corrected chi connectivity index (χ2v) is 9.61. The summed E-state index contributed by atoms with van der Waals surface area (Å²) in [5.41, 5.74) is 0. The molecule has 2 amide bonds. The summed E-state index contributed by atoms with van der Waals surface area (Å²) < 4.78 is 10.5. The highest BCUT2D eigenvalue weighted by atomic mass is 32.2. The monoisotopic (exact) mass is 382 g/mol. The Labute approximate surface area is 151 Å². The molecule has 0 aromatic heterocycles. The summed E-state index contributed by atoms with van der Waals surface area (Å²) in [6, 6.07) is -0.225. The van der Waals surface area contributed by atoms with Crippen LogP contribution in [0.4, 0.5) is 4.79 Å². The van der Waals surface area contributed by atoms with E-state index in [-0.39, 0.29) is 26.6 Å². The Hall–Kier alpha value is 0.460. The highest BCUT2D eigenvalue weighted by molar-refractivity contribution is 8.01. The van der Waals surface area contributed by atoms with E-state index in [1.165, 1.54) is 6.21 Å². The van der Waals surface area contributed by atoms with Gasteiger partial charge in [0.25, 0.3) is 0 Å². The average molecular weight is 383 g/mol. The molecule has 0 aliphatic carbocycles. The van der Waals surface area contributed by atoms with E-state index in [2.05, 4.69) is 30.2 Å². The number of urea groups is 1. The Morgan fingerprint density at radius 3 is 1.95 bits per heavy atom. The van der Waals surface area contributed by atoms with Gasteiger partial charge in [0.15, 0.2) is 0 Å². The van der Waals surface area contributed by atoms with E-state index in [1.807, 2.05) is 13.8 Å². The lowest BCUT2D eigenvalue weighted by atomic mass is 10.5. The molecule has 0 aromatic carbocycles. The smallest absolute Gasteiger partial charge is 0.344 e. The van der Waals surface area contributed by atoms with Gasteiger partial charge in [-0.25, -0.2) is 9.79 Å². The zero-order valence-electron chi connectivity index (χ0n) is 12.9. The van der Waals surface area contributed by atoms with Crippen molar-refractivity contribution in [3.63, 3.8) is 0 Å². The number of aliphatic imine (C=N–C) groups is 1. The van der Waals surface area contributed by atoms with Crippen LogP contribution >= 0.6 is 48.8 Å². The molecule has 5 nitrogen and oxygen atoms in total. The molecule has 2 saturated heterocycles. The predicted octanol–water partition coefficient (Wildman–Crippen LogP) is 2.97. The van der Waals surface area contributed by atoms with E-state index in [1.54, 1.807) is 35.3 Å². The summed E-state index contributed by atoms with van der Waals surface area (Å²) in [7, 11) is 0. The first kappa shape index (κ1) is 18.8. The first-order valence-electron chi connectivity index (χ1n) is 7.05. The Balaban J connectivity index is 1.92. The normalized spacial score (nSPS) is 32.8. The van der Waals surface area contributed by atoms with Gasteiger partial charge in [0.1, 0.15) is 9.87 Å².